The van der Waals surface area contributed by atoms with Crippen LogP contribution in [0.2, 0.25) is 0 Å². The standard InChI is InChI=1S/C28H31FN8O3/c1-39-22-8-3-2-7-21(22)25-24-26(30)37(20-6-4-5-19(29)17-20)33-27(24)32-28(31-25)36-11-9-34(10-12-36)18-23(38)35-13-15-40-16-14-35/h2-8,17H,9-16,18,30H2,1H3. The van der Waals surface area contributed by atoms with Gasteiger partial charge >= 0.3 is 0 Å². The van der Waals surface area contributed by atoms with Gasteiger partial charge in [-0.05, 0) is 30.3 Å². The lowest BCUT2D eigenvalue weighted by Gasteiger charge is -2.36. The van der Waals surface area contributed by atoms with Gasteiger partial charge in [-0.2, -0.15) is 4.98 Å². The van der Waals surface area contributed by atoms with Crippen LogP contribution in [0.3, 0.4) is 0 Å². The van der Waals surface area contributed by atoms with Gasteiger partial charge in [-0.25, -0.2) is 14.1 Å². The van der Waals surface area contributed by atoms with Crippen LogP contribution in [0.4, 0.5) is 16.2 Å². The number of piperazine rings is 1. The molecule has 2 N–H and O–H groups in total. The van der Waals surface area contributed by atoms with E-state index in [-0.39, 0.29) is 5.91 Å². The number of carbonyl (C=O) groups is 1. The highest BCUT2D eigenvalue weighted by Crippen LogP contribution is 2.37. The Balaban J connectivity index is 1.33. The van der Waals surface area contributed by atoms with Gasteiger partial charge in [0, 0.05) is 44.8 Å². The Kier molecular flexibility index (Phi) is 7.18. The number of amides is 1. The van der Waals surface area contributed by atoms with Crippen molar-refractivity contribution in [2.24, 2.45) is 0 Å². The summed E-state index contributed by atoms with van der Waals surface area (Å²) in [4.78, 5) is 28.6. The van der Waals surface area contributed by atoms with Crippen LogP contribution >= 0.6 is 0 Å². The van der Waals surface area contributed by atoms with Crippen LogP contribution in [-0.4, -0.2) is 102 Å². The summed E-state index contributed by atoms with van der Waals surface area (Å²) in [7, 11) is 1.61. The van der Waals surface area contributed by atoms with E-state index in [9.17, 15) is 9.18 Å². The van der Waals surface area contributed by atoms with E-state index in [1.807, 2.05) is 29.2 Å². The molecule has 0 bridgehead atoms. The third-order valence-electron chi connectivity index (χ3n) is 7.35. The molecule has 0 aliphatic carbocycles. The van der Waals surface area contributed by atoms with Gasteiger partial charge in [-0.1, -0.05) is 18.2 Å². The third-order valence-corrected chi connectivity index (χ3v) is 7.35. The Morgan fingerprint density at radius 2 is 1.80 bits per heavy atom. The zero-order valence-electron chi connectivity index (χ0n) is 22.3. The molecule has 6 rings (SSSR count). The molecule has 12 heteroatoms. The maximum atomic E-state index is 14.0. The van der Waals surface area contributed by atoms with Crippen LogP contribution in [0.5, 0.6) is 5.75 Å². The fourth-order valence-corrected chi connectivity index (χ4v) is 5.19. The second kappa shape index (κ2) is 11.1. The van der Waals surface area contributed by atoms with Crippen molar-refractivity contribution in [2.45, 2.75) is 0 Å². The molecule has 2 aromatic carbocycles. The number of nitrogens with zero attached hydrogens (tertiary/aromatic N) is 7. The van der Waals surface area contributed by atoms with Crippen molar-refractivity contribution in [3.8, 4) is 22.7 Å². The zero-order chi connectivity index (χ0) is 27.6. The summed E-state index contributed by atoms with van der Waals surface area (Å²) < 4.78 is 26.5. The summed E-state index contributed by atoms with van der Waals surface area (Å²) in [6.45, 7) is 5.53. The average molecular weight is 547 g/mol. The monoisotopic (exact) mass is 546 g/mol. The van der Waals surface area contributed by atoms with E-state index in [4.69, 9.17) is 25.2 Å². The maximum absolute atomic E-state index is 14.0. The van der Waals surface area contributed by atoms with Gasteiger partial charge < -0.3 is 25.0 Å². The number of para-hydroxylation sites is 1. The number of benzene rings is 2. The number of aromatic nitrogens is 4. The van der Waals surface area contributed by atoms with Gasteiger partial charge in [0.15, 0.2) is 5.65 Å². The SMILES string of the molecule is COc1ccccc1-c1nc(N2CCN(CC(=O)N3CCOCC3)CC2)nc2nn(-c3cccc(F)c3)c(N)c12. The summed E-state index contributed by atoms with van der Waals surface area (Å²) in [5.74, 6) is 1.19. The molecule has 0 unspecified atom stereocenters. The first-order valence-electron chi connectivity index (χ1n) is 13.3. The number of rotatable bonds is 6. The highest BCUT2D eigenvalue weighted by molar-refractivity contribution is 6.00. The van der Waals surface area contributed by atoms with Crippen LogP contribution in [0.25, 0.3) is 28.0 Å². The van der Waals surface area contributed by atoms with Crippen LogP contribution in [-0.2, 0) is 9.53 Å². The Morgan fingerprint density at radius 3 is 2.55 bits per heavy atom. The van der Waals surface area contributed by atoms with Gasteiger partial charge in [0.2, 0.25) is 11.9 Å². The number of anilines is 2. The van der Waals surface area contributed by atoms with Gasteiger partial charge in [0.25, 0.3) is 0 Å². The first-order chi connectivity index (χ1) is 19.5. The maximum Gasteiger partial charge on any atom is 0.236 e. The molecule has 2 aliphatic heterocycles. The molecule has 2 aromatic heterocycles. The normalized spacial score (nSPS) is 16.4. The predicted octanol–water partition coefficient (Wildman–Crippen LogP) is 2.19. The number of carbonyl (C=O) groups excluding carboxylic acids is 1. The van der Waals surface area contributed by atoms with Gasteiger partial charge in [-0.15, -0.1) is 5.10 Å². The number of halogens is 1. The highest BCUT2D eigenvalue weighted by Gasteiger charge is 2.27. The van der Waals surface area contributed by atoms with Gasteiger partial charge in [0.05, 0.1) is 43.6 Å². The number of hydrogen-bond donors (Lipinski definition) is 1. The quantitative estimate of drug-likeness (QED) is 0.389. The summed E-state index contributed by atoms with van der Waals surface area (Å²) in [5, 5.41) is 5.22. The molecule has 2 saturated heterocycles. The van der Waals surface area contributed by atoms with E-state index >= 15 is 0 Å². The third kappa shape index (κ3) is 5.03. The molecule has 208 valence electrons. The summed E-state index contributed by atoms with van der Waals surface area (Å²) in [6.07, 6.45) is 0. The Bertz CT molecular complexity index is 1530. The largest absolute Gasteiger partial charge is 0.496 e. The molecule has 11 nitrogen and oxygen atoms in total. The number of methoxy groups -OCH3 is 1. The van der Waals surface area contributed by atoms with Gasteiger partial charge in [-0.3, -0.25) is 9.69 Å². The van der Waals surface area contributed by atoms with E-state index in [0.717, 1.165) is 5.56 Å². The molecular weight excluding hydrogens is 515 g/mol. The van der Waals surface area contributed by atoms with Gasteiger partial charge in [0.1, 0.15) is 17.4 Å². The molecule has 0 saturated carbocycles. The van der Waals surface area contributed by atoms with Crippen molar-refractivity contribution in [1.29, 1.82) is 0 Å². The summed E-state index contributed by atoms with van der Waals surface area (Å²) in [6, 6.07) is 13.7. The minimum Gasteiger partial charge on any atom is -0.496 e. The van der Waals surface area contributed by atoms with Crippen LogP contribution in [0.1, 0.15) is 0 Å². The molecule has 40 heavy (non-hydrogen) atoms. The fraction of sp³-hybridized carbons (Fsp3) is 0.357. The van der Waals surface area contributed by atoms with Crippen molar-refractivity contribution in [3.05, 3.63) is 54.3 Å². The molecule has 4 aromatic rings. The molecule has 4 heterocycles. The number of ether oxygens (including phenoxy) is 2. The molecule has 0 spiro atoms. The topological polar surface area (TPSA) is 115 Å². The Hall–Kier alpha value is -4.29. The molecular formula is C28H31FN8O3. The minimum atomic E-state index is -0.391. The van der Waals surface area contributed by atoms with E-state index in [0.29, 0.717) is 99.0 Å². The fourth-order valence-electron chi connectivity index (χ4n) is 5.19. The Labute approximate surface area is 230 Å². The minimum absolute atomic E-state index is 0.131. The second-order valence-corrected chi connectivity index (χ2v) is 9.80. The number of morpholine rings is 1. The predicted molar refractivity (Wildman–Crippen MR) is 149 cm³/mol. The number of hydrogen-bond acceptors (Lipinski definition) is 9. The van der Waals surface area contributed by atoms with Crippen molar-refractivity contribution < 1.29 is 18.7 Å². The Morgan fingerprint density at radius 1 is 1.02 bits per heavy atom. The number of nitrogen functional groups attached to an aromatic ring is 1. The first-order valence-corrected chi connectivity index (χ1v) is 13.3. The molecule has 0 atom stereocenters. The molecule has 1 amide bonds. The number of fused-ring (bicyclic) bond motifs is 1. The molecule has 0 radical (unpaired) electrons. The van der Waals surface area contributed by atoms with E-state index in [1.165, 1.54) is 16.8 Å². The van der Waals surface area contributed by atoms with E-state index in [1.54, 1.807) is 19.2 Å². The van der Waals surface area contributed by atoms with Crippen LogP contribution < -0.4 is 15.4 Å². The van der Waals surface area contributed by atoms with Crippen LogP contribution in [0, 0.1) is 5.82 Å². The van der Waals surface area contributed by atoms with Crippen molar-refractivity contribution >= 4 is 28.7 Å². The smallest absolute Gasteiger partial charge is 0.236 e. The average Bonchev–Trinajstić information content (AvgIpc) is 3.33. The summed E-state index contributed by atoms with van der Waals surface area (Å²) in [5.41, 5.74) is 8.82. The number of nitrogens with two attached hydrogens (primary N) is 1. The van der Waals surface area contributed by atoms with Crippen molar-refractivity contribution in [3.63, 3.8) is 0 Å². The lowest BCUT2D eigenvalue weighted by molar-refractivity contribution is -0.136. The van der Waals surface area contributed by atoms with Crippen LogP contribution in [0.15, 0.2) is 48.5 Å². The lowest BCUT2D eigenvalue weighted by atomic mass is 10.1. The van der Waals surface area contributed by atoms with E-state index in [2.05, 4.69) is 14.9 Å². The zero-order valence-corrected chi connectivity index (χ0v) is 22.3. The summed E-state index contributed by atoms with van der Waals surface area (Å²) >= 11 is 0. The second-order valence-electron chi connectivity index (χ2n) is 9.80. The van der Waals surface area contributed by atoms with Crippen molar-refractivity contribution in [2.75, 3.05) is 76.8 Å². The highest BCUT2D eigenvalue weighted by atomic mass is 19.1. The lowest BCUT2D eigenvalue weighted by Crippen LogP contribution is -2.51. The molecule has 2 fully saturated rings. The van der Waals surface area contributed by atoms with Crippen molar-refractivity contribution in [1.82, 2.24) is 29.5 Å². The van der Waals surface area contributed by atoms with E-state index < -0.39 is 5.82 Å². The molecule has 2 aliphatic rings. The first kappa shape index (κ1) is 26.0.